The molecule has 4 nitrogen and oxygen atoms in total. The molecular weight excluding hydrogens is 312 g/mol. The van der Waals surface area contributed by atoms with Gasteiger partial charge in [-0.3, -0.25) is 4.79 Å². The maximum Gasteiger partial charge on any atom is 0.253 e. The number of likely N-dealkylation sites (tertiary alicyclic amines) is 1. The van der Waals surface area contributed by atoms with Gasteiger partial charge in [0.25, 0.3) is 5.91 Å². The minimum atomic E-state index is 0.0522. The minimum Gasteiger partial charge on any atom is -0.508 e. The Morgan fingerprint density at radius 1 is 1.20 bits per heavy atom. The highest BCUT2D eigenvalue weighted by molar-refractivity contribution is 5.95. The Kier molecular flexibility index (Phi) is 4.82. The summed E-state index contributed by atoms with van der Waals surface area (Å²) in [6.45, 7) is 5.14. The van der Waals surface area contributed by atoms with E-state index in [0.717, 1.165) is 37.2 Å². The van der Waals surface area contributed by atoms with E-state index in [1.807, 2.05) is 48.3 Å². The first-order chi connectivity index (χ1) is 11.9. The lowest BCUT2D eigenvalue weighted by Crippen LogP contribution is -2.38. The van der Waals surface area contributed by atoms with Crippen LogP contribution in [0.4, 0.5) is 0 Å². The molecule has 1 heterocycles. The van der Waals surface area contributed by atoms with E-state index in [1.165, 1.54) is 0 Å². The monoisotopic (exact) mass is 338 g/mol. The maximum absolute atomic E-state index is 12.9. The van der Waals surface area contributed by atoms with Crippen molar-refractivity contribution in [3.8, 4) is 16.9 Å². The van der Waals surface area contributed by atoms with Crippen LogP contribution in [-0.2, 0) is 0 Å². The first-order valence-electron chi connectivity index (χ1n) is 8.70. The normalized spacial score (nSPS) is 20.6. The van der Waals surface area contributed by atoms with E-state index >= 15 is 0 Å². The molecule has 1 saturated heterocycles. The van der Waals surface area contributed by atoms with E-state index in [9.17, 15) is 9.90 Å². The maximum atomic E-state index is 12.9. The average molecular weight is 338 g/mol. The van der Waals surface area contributed by atoms with E-state index in [0.29, 0.717) is 5.56 Å². The number of hydrogen-bond donors (Lipinski definition) is 1. The average Bonchev–Trinajstić information content (AvgIpc) is 2.93. The van der Waals surface area contributed by atoms with E-state index in [-0.39, 0.29) is 17.1 Å². The highest BCUT2D eigenvalue weighted by Crippen LogP contribution is 2.30. The molecule has 0 bridgehead atoms. The largest absolute Gasteiger partial charge is 0.508 e. The van der Waals surface area contributed by atoms with E-state index < -0.39 is 0 Å². The van der Waals surface area contributed by atoms with Crippen molar-refractivity contribution in [1.29, 1.82) is 0 Å². The highest BCUT2D eigenvalue weighted by atomic mass is 16.3. The minimum absolute atomic E-state index is 0.0522. The molecule has 1 aliphatic rings. The van der Waals surface area contributed by atoms with E-state index in [1.54, 1.807) is 12.1 Å². The summed E-state index contributed by atoms with van der Waals surface area (Å²) in [5.41, 5.74) is 2.82. The molecular formula is C21H26N2O2. The van der Waals surface area contributed by atoms with Crippen molar-refractivity contribution in [3.63, 3.8) is 0 Å². The van der Waals surface area contributed by atoms with Gasteiger partial charge in [0.1, 0.15) is 5.75 Å². The second-order valence-electron chi connectivity index (χ2n) is 7.59. The van der Waals surface area contributed by atoms with Gasteiger partial charge in [0.15, 0.2) is 0 Å². The molecule has 1 fully saturated rings. The first kappa shape index (κ1) is 17.5. The molecule has 25 heavy (non-hydrogen) atoms. The summed E-state index contributed by atoms with van der Waals surface area (Å²) >= 11 is 0. The zero-order valence-electron chi connectivity index (χ0n) is 15.2. The standard InChI is InChI=1S/C21H26N2O2/c1-21(11-12-22(2)14-21)15-23(3)20(25)18-6-4-5-17(13-18)16-7-9-19(24)10-8-16/h4-10,13,24H,11-12,14-15H2,1-3H3/t21-/m0/s1. The molecule has 2 aromatic rings. The lowest BCUT2D eigenvalue weighted by molar-refractivity contribution is 0.0730. The Morgan fingerprint density at radius 3 is 2.56 bits per heavy atom. The van der Waals surface area contributed by atoms with Crippen molar-refractivity contribution in [2.24, 2.45) is 5.41 Å². The second-order valence-corrected chi connectivity index (χ2v) is 7.59. The summed E-state index contributed by atoms with van der Waals surface area (Å²) in [6.07, 6.45) is 1.12. The number of aromatic hydroxyl groups is 1. The number of hydrogen-bond acceptors (Lipinski definition) is 3. The Labute approximate surface area is 149 Å². The van der Waals surface area contributed by atoms with Gasteiger partial charge in [0, 0.05) is 25.7 Å². The number of nitrogens with zero attached hydrogens (tertiary/aromatic N) is 2. The zero-order chi connectivity index (χ0) is 18.0. The van der Waals surface area contributed by atoms with Crippen LogP contribution in [0.15, 0.2) is 48.5 Å². The number of rotatable bonds is 4. The predicted molar refractivity (Wildman–Crippen MR) is 101 cm³/mol. The molecule has 1 atom stereocenters. The summed E-state index contributed by atoms with van der Waals surface area (Å²) in [5, 5.41) is 9.43. The van der Waals surface area contributed by atoms with Crippen LogP contribution in [0.1, 0.15) is 23.7 Å². The molecule has 4 heteroatoms. The number of carbonyl (C=O) groups excluding carboxylic acids is 1. The van der Waals surface area contributed by atoms with Crippen LogP contribution in [0, 0.1) is 5.41 Å². The number of phenols is 1. The number of carbonyl (C=O) groups is 1. The Balaban J connectivity index is 1.76. The Bertz CT molecular complexity index is 757. The van der Waals surface area contributed by atoms with Gasteiger partial charge >= 0.3 is 0 Å². The summed E-state index contributed by atoms with van der Waals surface area (Å²) in [7, 11) is 4.02. The van der Waals surface area contributed by atoms with E-state index in [2.05, 4.69) is 18.9 Å². The third kappa shape index (κ3) is 4.02. The molecule has 1 amide bonds. The highest BCUT2D eigenvalue weighted by Gasteiger charge is 2.34. The second kappa shape index (κ2) is 6.89. The number of phenolic OH excluding ortho intramolecular Hbond substituents is 1. The van der Waals surface area contributed by atoms with Gasteiger partial charge in [0.05, 0.1) is 0 Å². The van der Waals surface area contributed by atoms with Crippen molar-refractivity contribution in [2.45, 2.75) is 13.3 Å². The lowest BCUT2D eigenvalue weighted by atomic mass is 9.89. The SMILES string of the molecule is CN1CC[C@](C)(CN(C)C(=O)c2cccc(-c3ccc(O)cc3)c2)C1. The molecule has 0 aliphatic carbocycles. The van der Waals surface area contributed by atoms with E-state index in [4.69, 9.17) is 0 Å². The van der Waals surface area contributed by atoms with Crippen LogP contribution in [0.25, 0.3) is 11.1 Å². The fourth-order valence-electron chi connectivity index (χ4n) is 3.75. The van der Waals surface area contributed by atoms with Gasteiger partial charge in [-0.2, -0.15) is 0 Å². The molecule has 1 N–H and O–H groups in total. The third-order valence-corrected chi connectivity index (χ3v) is 5.02. The summed E-state index contributed by atoms with van der Waals surface area (Å²) in [6, 6.07) is 14.7. The zero-order valence-corrected chi connectivity index (χ0v) is 15.2. The Morgan fingerprint density at radius 2 is 1.92 bits per heavy atom. The summed E-state index contributed by atoms with van der Waals surface area (Å²) < 4.78 is 0. The van der Waals surface area contributed by atoms with Crippen molar-refractivity contribution < 1.29 is 9.90 Å². The van der Waals surface area contributed by atoms with Crippen LogP contribution >= 0.6 is 0 Å². The smallest absolute Gasteiger partial charge is 0.253 e. The third-order valence-electron chi connectivity index (χ3n) is 5.02. The Hall–Kier alpha value is -2.33. The van der Waals surface area contributed by atoms with Gasteiger partial charge < -0.3 is 14.9 Å². The van der Waals surface area contributed by atoms with Crippen LogP contribution < -0.4 is 0 Å². The van der Waals surface area contributed by atoms with Crippen molar-refractivity contribution in [1.82, 2.24) is 9.80 Å². The molecule has 0 radical (unpaired) electrons. The fraction of sp³-hybridized carbons (Fsp3) is 0.381. The topological polar surface area (TPSA) is 43.8 Å². The molecule has 0 spiro atoms. The lowest BCUT2D eigenvalue weighted by Gasteiger charge is -2.30. The van der Waals surface area contributed by atoms with Crippen LogP contribution in [0.5, 0.6) is 5.75 Å². The molecule has 0 aromatic heterocycles. The summed E-state index contributed by atoms with van der Waals surface area (Å²) in [5.74, 6) is 0.293. The van der Waals surface area contributed by atoms with Crippen molar-refractivity contribution in [2.75, 3.05) is 33.7 Å². The molecule has 0 unspecified atom stereocenters. The molecule has 1 aliphatic heterocycles. The summed E-state index contributed by atoms with van der Waals surface area (Å²) in [4.78, 5) is 17.0. The van der Waals surface area contributed by atoms with Gasteiger partial charge in [-0.15, -0.1) is 0 Å². The van der Waals surface area contributed by atoms with Gasteiger partial charge in [0.2, 0.25) is 0 Å². The fourth-order valence-corrected chi connectivity index (χ4v) is 3.75. The van der Waals surface area contributed by atoms with Crippen LogP contribution in [0.3, 0.4) is 0 Å². The van der Waals surface area contributed by atoms with Crippen molar-refractivity contribution in [3.05, 3.63) is 54.1 Å². The molecule has 2 aromatic carbocycles. The van der Waals surface area contributed by atoms with Crippen molar-refractivity contribution >= 4 is 5.91 Å². The predicted octanol–water partition coefficient (Wildman–Crippen LogP) is 3.47. The molecule has 3 rings (SSSR count). The molecule has 132 valence electrons. The van der Waals surface area contributed by atoms with Crippen LogP contribution in [-0.4, -0.2) is 54.5 Å². The van der Waals surface area contributed by atoms with Gasteiger partial charge in [-0.25, -0.2) is 0 Å². The number of amides is 1. The van der Waals surface area contributed by atoms with Gasteiger partial charge in [-0.05, 0) is 60.8 Å². The quantitative estimate of drug-likeness (QED) is 0.928. The first-order valence-corrected chi connectivity index (χ1v) is 8.70. The number of benzene rings is 2. The molecule has 0 saturated carbocycles. The van der Waals surface area contributed by atoms with Crippen LogP contribution in [0.2, 0.25) is 0 Å². The van der Waals surface area contributed by atoms with Gasteiger partial charge in [-0.1, -0.05) is 31.2 Å².